The number of rotatable bonds is 2. The zero-order chi connectivity index (χ0) is 16.5. The van der Waals surface area contributed by atoms with Gasteiger partial charge in [0, 0.05) is 16.2 Å². The van der Waals surface area contributed by atoms with Crippen molar-refractivity contribution < 1.29 is 14.3 Å². The summed E-state index contributed by atoms with van der Waals surface area (Å²) in [6.07, 6.45) is 1.23. The van der Waals surface area contributed by atoms with Crippen LogP contribution in [0.2, 0.25) is 5.02 Å². The minimum atomic E-state index is -0.567. The average Bonchev–Trinajstić information content (AvgIpc) is 2.79. The van der Waals surface area contributed by atoms with Crippen molar-refractivity contribution in [1.82, 2.24) is 4.57 Å². The second-order valence-corrected chi connectivity index (χ2v) is 7.07. The molecule has 0 bridgehead atoms. The Morgan fingerprint density at radius 1 is 1.27 bits per heavy atom. The Labute approximate surface area is 143 Å². The van der Waals surface area contributed by atoms with E-state index in [4.69, 9.17) is 21.1 Å². The van der Waals surface area contributed by atoms with Gasteiger partial charge in [0.2, 0.25) is 0 Å². The van der Waals surface area contributed by atoms with E-state index in [9.17, 15) is 4.79 Å². The van der Waals surface area contributed by atoms with E-state index in [0.29, 0.717) is 16.5 Å². The number of hydrogen-bond acceptors (Lipinski definition) is 3. The van der Waals surface area contributed by atoms with Gasteiger partial charge in [-0.2, -0.15) is 0 Å². The Bertz CT molecular complexity index is 704. The Kier molecular flexibility index (Phi) is 4.87. The van der Waals surface area contributed by atoms with Crippen molar-refractivity contribution in [3.8, 4) is 17.0 Å². The number of hydrogen-bond donors (Lipinski definition) is 0. The van der Waals surface area contributed by atoms with Gasteiger partial charge in [-0.05, 0) is 54.9 Å². The first-order chi connectivity index (χ1) is 10.2. The smallest absolute Gasteiger partial charge is 0.419 e. The van der Waals surface area contributed by atoms with E-state index < -0.39 is 11.7 Å². The van der Waals surface area contributed by atoms with Crippen LogP contribution >= 0.6 is 27.5 Å². The third kappa shape index (κ3) is 3.84. The fourth-order valence-electron chi connectivity index (χ4n) is 1.93. The summed E-state index contributed by atoms with van der Waals surface area (Å²) in [5, 5.41) is 0.515. The number of nitrogens with zero attached hydrogens (tertiary/aromatic N) is 1. The van der Waals surface area contributed by atoms with Gasteiger partial charge in [-0.25, -0.2) is 4.79 Å². The van der Waals surface area contributed by atoms with E-state index in [0.717, 1.165) is 10.0 Å². The average molecular weight is 387 g/mol. The highest BCUT2D eigenvalue weighted by molar-refractivity contribution is 9.10. The standard InChI is InChI=1S/C16H17BrClNO3/c1-16(2,3)22-15(20)19-9-11(17)8-13(19)10-5-6-12(18)14(7-10)21-4/h5-9H,1-4H3. The Hall–Kier alpha value is -1.46. The lowest BCUT2D eigenvalue weighted by atomic mass is 10.1. The van der Waals surface area contributed by atoms with E-state index in [1.54, 1.807) is 25.4 Å². The topological polar surface area (TPSA) is 40.5 Å². The summed E-state index contributed by atoms with van der Waals surface area (Å²) in [5.74, 6) is 0.548. The van der Waals surface area contributed by atoms with E-state index in [1.165, 1.54) is 4.57 Å². The lowest BCUT2D eigenvalue weighted by Crippen LogP contribution is -2.27. The van der Waals surface area contributed by atoms with Crippen LogP contribution in [-0.2, 0) is 4.74 Å². The molecule has 0 aliphatic heterocycles. The van der Waals surface area contributed by atoms with Gasteiger partial charge in [0.25, 0.3) is 0 Å². The van der Waals surface area contributed by atoms with Crippen molar-refractivity contribution in [2.75, 3.05) is 7.11 Å². The maximum absolute atomic E-state index is 12.4. The van der Waals surface area contributed by atoms with Crippen molar-refractivity contribution in [2.24, 2.45) is 0 Å². The molecule has 2 rings (SSSR count). The van der Waals surface area contributed by atoms with Crippen molar-refractivity contribution in [3.63, 3.8) is 0 Å². The predicted octanol–water partition coefficient (Wildman–Crippen LogP) is 5.36. The first kappa shape index (κ1) is 16.9. The van der Waals surface area contributed by atoms with Gasteiger partial charge in [0.05, 0.1) is 17.8 Å². The molecule has 118 valence electrons. The maximum atomic E-state index is 12.4. The molecule has 0 unspecified atom stereocenters. The number of carbonyl (C=O) groups is 1. The molecule has 0 saturated heterocycles. The third-order valence-corrected chi connectivity index (χ3v) is 3.57. The molecule has 6 heteroatoms. The predicted molar refractivity (Wildman–Crippen MR) is 90.8 cm³/mol. The molecule has 22 heavy (non-hydrogen) atoms. The first-order valence-corrected chi connectivity index (χ1v) is 7.83. The van der Waals surface area contributed by atoms with E-state index in [-0.39, 0.29) is 0 Å². The van der Waals surface area contributed by atoms with Crippen LogP contribution in [0.3, 0.4) is 0 Å². The van der Waals surface area contributed by atoms with Crippen LogP contribution < -0.4 is 4.74 Å². The number of carbonyl (C=O) groups excluding carboxylic acids is 1. The van der Waals surface area contributed by atoms with Crippen molar-refractivity contribution in [3.05, 3.63) is 40.0 Å². The van der Waals surface area contributed by atoms with Gasteiger partial charge in [0.15, 0.2) is 0 Å². The highest BCUT2D eigenvalue weighted by Crippen LogP contribution is 2.32. The lowest BCUT2D eigenvalue weighted by Gasteiger charge is -2.20. The Morgan fingerprint density at radius 2 is 1.95 bits per heavy atom. The Morgan fingerprint density at radius 3 is 2.55 bits per heavy atom. The van der Waals surface area contributed by atoms with Gasteiger partial charge >= 0.3 is 6.09 Å². The second-order valence-electron chi connectivity index (χ2n) is 5.74. The fraction of sp³-hybridized carbons (Fsp3) is 0.312. The minimum absolute atomic E-state index is 0.442. The minimum Gasteiger partial charge on any atom is -0.495 e. The second kappa shape index (κ2) is 6.34. The zero-order valence-electron chi connectivity index (χ0n) is 12.8. The largest absolute Gasteiger partial charge is 0.495 e. The summed E-state index contributed by atoms with van der Waals surface area (Å²) in [6.45, 7) is 5.48. The molecule has 0 atom stereocenters. The number of halogens is 2. The van der Waals surface area contributed by atoms with E-state index in [1.807, 2.05) is 32.9 Å². The number of aromatic nitrogens is 1. The zero-order valence-corrected chi connectivity index (χ0v) is 15.2. The molecule has 1 heterocycles. The quantitative estimate of drug-likeness (QED) is 0.697. The fourth-order valence-corrected chi connectivity index (χ4v) is 2.55. The summed E-state index contributed by atoms with van der Waals surface area (Å²) in [7, 11) is 1.55. The van der Waals surface area contributed by atoms with Gasteiger partial charge in [-0.1, -0.05) is 17.7 Å². The Balaban J connectivity index is 2.46. The molecular formula is C16H17BrClNO3. The van der Waals surface area contributed by atoms with Crippen LogP contribution in [0.5, 0.6) is 5.75 Å². The molecule has 0 spiro atoms. The summed E-state index contributed by atoms with van der Waals surface area (Å²) in [5.41, 5.74) is 0.928. The summed E-state index contributed by atoms with van der Waals surface area (Å²) >= 11 is 9.44. The molecular weight excluding hydrogens is 370 g/mol. The third-order valence-electron chi connectivity index (χ3n) is 2.82. The molecule has 4 nitrogen and oxygen atoms in total. The number of benzene rings is 1. The number of ether oxygens (including phenoxy) is 2. The van der Waals surface area contributed by atoms with E-state index in [2.05, 4.69) is 15.9 Å². The molecule has 0 N–H and O–H groups in total. The SMILES string of the molecule is COc1cc(-c2cc(Br)cn2C(=O)OC(C)(C)C)ccc1Cl. The number of methoxy groups -OCH3 is 1. The molecule has 0 aliphatic rings. The summed E-state index contributed by atoms with van der Waals surface area (Å²) in [4.78, 5) is 12.4. The lowest BCUT2D eigenvalue weighted by molar-refractivity contribution is 0.0540. The molecule has 1 aromatic carbocycles. The molecule has 0 amide bonds. The van der Waals surface area contributed by atoms with Crippen molar-refractivity contribution in [2.45, 2.75) is 26.4 Å². The first-order valence-electron chi connectivity index (χ1n) is 6.66. The van der Waals surface area contributed by atoms with Gasteiger partial charge in [-0.3, -0.25) is 4.57 Å². The van der Waals surface area contributed by atoms with Crippen molar-refractivity contribution >= 4 is 33.6 Å². The van der Waals surface area contributed by atoms with E-state index >= 15 is 0 Å². The monoisotopic (exact) mass is 385 g/mol. The van der Waals surface area contributed by atoms with Crippen LogP contribution in [0.15, 0.2) is 34.9 Å². The van der Waals surface area contributed by atoms with Crippen LogP contribution in [0.4, 0.5) is 4.79 Å². The van der Waals surface area contributed by atoms with Gasteiger partial charge in [-0.15, -0.1) is 0 Å². The summed E-state index contributed by atoms with van der Waals surface area (Å²) < 4.78 is 12.9. The van der Waals surface area contributed by atoms with Crippen LogP contribution in [0, 0.1) is 0 Å². The van der Waals surface area contributed by atoms with Gasteiger partial charge in [0.1, 0.15) is 11.4 Å². The van der Waals surface area contributed by atoms with Crippen LogP contribution in [0.25, 0.3) is 11.3 Å². The van der Waals surface area contributed by atoms with Gasteiger partial charge < -0.3 is 9.47 Å². The van der Waals surface area contributed by atoms with Crippen LogP contribution in [-0.4, -0.2) is 23.4 Å². The maximum Gasteiger partial charge on any atom is 0.419 e. The normalized spacial score (nSPS) is 11.4. The molecule has 0 fully saturated rings. The van der Waals surface area contributed by atoms with Crippen molar-refractivity contribution in [1.29, 1.82) is 0 Å². The highest BCUT2D eigenvalue weighted by atomic mass is 79.9. The molecule has 0 radical (unpaired) electrons. The molecule has 1 aromatic heterocycles. The highest BCUT2D eigenvalue weighted by Gasteiger charge is 2.21. The molecule has 0 saturated carbocycles. The summed E-state index contributed by atoms with van der Waals surface area (Å²) in [6, 6.07) is 7.18. The van der Waals surface area contributed by atoms with Crippen LogP contribution in [0.1, 0.15) is 20.8 Å². The molecule has 0 aliphatic carbocycles. The molecule has 2 aromatic rings.